The van der Waals surface area contributed by atoms with Crippen molar-refractivity contribution in [1.82, 2.24) is 9.88 Å². The van der Waals surface area contributed by atoms with Crippen LogP contribution in [-0.4, -0.2) is 47.4 Å². The van der Waals surface area contributed by atoms with Gasteiger partial charge in [0.05, 0.1) is 6.34 Å². The molecule has 0 saturated carbocycles. The monoisotopic (exact) mass is 302 g/mol. The van der Waals surface area contributed by atoms with E-state index in [0.717, 1.165) is 13.1 Å². The van der Waals surface area contributed by atoms with Gasteiger partial charge in [0.2, 0.25) is 5.13 Å². The van der Waals surface area contributed by atoms with Crippen molar-refractivity contribution in [2.24, 2.45) is 10.1 Å². The normalized spacial score (nSPS) is 11.9. The summed E-state index contributed by atoms with van der Waals surface area (Å²) in [5.41, 5.74) is 0.336. The Bertz CT molecular complexity index is 483. The lowest BCUT2D eigenvalue weighted by Gasteiger charge is -2.12. The van der Waals surface area contributed by atoms with Gasteiger partial charge in [-0.05, 0) is 25.4 Å². The van der Waals surface area contributed by atoms with E-state index in [-0.39, 0.29) is 5.71 Å². The van der Waals surface area contributed by atoms with Crippen LogP contribution < -0.4 is 0 Å². The SMILES string of the molecule is CCN(C=Nc1nc(/C(=N/OC)C(=O)Cl)cs1)CC. The molecule has 19 heavy (non-hydrogen) atoms. The molecule has 0 radical (unpaired) electrons. The second kappa shape index (κ2) is 7.85. The summed E-state index contributed by atoms with van der Waals surface area (Å²) in [5.74, 6) is 0. The van der Waals surface area contributed by atoms with Gasteiger partial charge in [0.25, 0.3) is 5.24 Å². The second-order valence-electron chi connectivity index (χ2n) is 3.38. The van der Waals surface area contributed by atoms with E-state index in [1.807, 2.05) is 18.7 Å². The van der Waals surface area contributed by atoms with Crippen LogP contribution in [0.3, 0.4) is 0 Å². The Balaban J connectivity index is 2.87. The molecule has 0 aliphatic heterocycles. The van der Waals surface area contributed by atoms with Gasteiger partial charge in [-0.15, -0.1) is 11.3 Å². The van der Waals surface area contributed by atoms with Crippen LogP contribution in [0.15, 0.2) is 15.5 Å². The van der Waals surface area contributed by atoms with Crippen molar-refractivity contribution in [3.8, 4) is 0 Å². The number of oxime groups is 1. The fourth-order valence-electron chi connectivity index (χ4n) is 1.22. The molecule has 0 bridgehead atoms. The van der Waals surface area contributed by atoms with Crippen LogP contribution in [0, 0.1) is 0 Å². The number of aromatic nitrogens is 1. The molecule has 1 aromatic heterocycles. The lowest BCUT2D eigenvalue weighted by molar-refractivity contribution is -0.106. The number of hydrogen-bond donors (Lipinski definition) is 0. The number of rotatable bonds is 7. The van der Waals surface area contributed by atoms with Crippen LogP contribution >= 0.6 is 22.9 Å². The number of thiazole rings is 1. The van der Waals surface area contributed by atoms with Crippen LogP contribution in [0.2, 0.25) is 0 Å². The van der Waals surface area contributed by atoms with E-state index >= 15 is 0 Å². The summed E-state index contributed by atoms with van der Waals surface area (Å²) in [4.78, 5) is 26.2. The molecule has 0 N–H and O–H groups in total. The van der Waals surface area contributed by atoms with Crippen LogP contribution in [0.4, 0.5) is 5.13 Å². The third-order valence-electron chi connectivity index (χ3n) is 2.25. The van der Waals surface area contributed by atoms with Gasteiger partial charge in [-0.2, -0.15) is 0 Å². The Morgan fingerprint density at radius 1 is 1.58 bits per heavy atom. The molecule has 0 amide bonds. The number of hydrogen-bond acceptors (Lipinski definition) is 6. The molecule has 1 aromatic rings. The molecule has 0 saturated heterocycles. The second-order valence-corrected chi connectivity index (χ2v) is 4.56. The van der Waals surface area contributed by atoms with Crippen LogP contribution in [0.1, 0.15) is 19.5 Å². The van der Waals surface area contributed by atoms with Crippen LogP contribution in [-0.2, 0) is 9.63 Å². The minimum Gasteiger partial charge on any atom is -0.398 e. The van der Waals surface area contributed by atoms with Gasteiger partial charge in [0, 0.05) is 18.5 Å². The zero-order valence-electron chi connectivity index (χ0n) is 11.0. The average molecular weight is 303 g/mol. The maximum atomic E-state index is 11.2. The van der Waals surface area contributed by atoms with E-state index < -0.39 is 5.24 Å². The molecule has 1 rings (SSSR count). The van der Waals surface area contributed by atoms with Gasteiger partial charge in [-0.1, -0.05) is 5.16 Å². The zero-order valence-corrected chi connectivity index (χ0v) is 12.5. The van der Waals surface area contributed by atoms with Gasteiger partial charge in [-0.3, -0.25) is 4.79 Å². The molecule has 0 aliphatic rings. The number of carbonyl (C=O) groups is 1. The topological polar surface area (TPSA) is 67.2 Å². The van der Waals surface area contributed by atoms with Gasteiger partial charge < -0.3 is 9.74 Å². The molecule has 8 heteroatoms. The van der Waals surface area contributed by atoms with E-state index in [0.29, 0.717) is 10.8 Å². The first-order valence-corrected chi connectivity index (χ1v) is 6.93. The summed E-state index contributed by atoms with van der Waals surface area (Å²) in [6.45, 7) is 5.82. The molecule has 0 atom stereocenters. The van der Waals surface area contributed by atoms with Crippen molar-refractivity contribution < 1.29 is 9.63 Å². The molecule has 0 spiro atoms. The van der Waals surface area contributed by atoms with Crippen LogP contribution in [0.5, 0.6) is 0 Å². The minimum absolute atomic E-state index is 0.0234. The lowest BCUT2D eigenvalue weighted by Crippen LogP contribution is -2.20. The first-order chi connectivity index (χ1) is 9.12. The quantitative estimate of drug-likeness (QED) is 0.335. The highest BCUT2D eigenvalue weighted by Gasteiger charge is 2.16. The molecule has 1 heterocycles. The Morgan fingerprint density at radius 2 is 2.26 bits per heavy atom. The molecular weight excluding hydrogens is 288 g/mol. The summed E-state index contributed by atoms with van der Waals surface area (Å²) in [7, 11) is 1.34. The third kappa shape index (κ3) is 4.60. The molecule has 0 aromatic carbocycles. The van der Waals surface area contributed by atoms with Crippen molar-refractivity contribution in [1.29, 1.82) is 0 Å². The largest absolute Gasteiger partial charge is 0.398 e. The smallest absolute Gasteiger partial charge is 0.276 e. The predicted octanol–water partition coefficient (Wildman–Crippen LogP) is 2.26. The van der Waals surface area contributed by atoms with Crippen LogP contribution in [0.25, 0.3) is 0 Å². The van der Waals surface area contributed by atoms with E-state index in [9.17, 15) is 4.79 Å². The Morgan fingerprint density at radius 3 is 2.79 bits per heavy atom. The summed E-state index contributed by atoms with van der Waals surface area (Å²) in [6, 6.07) is 0. The maximum absolute atomic E-state index is 11.2. The number of nitrogens with zero attached hydrogens (tertiary/aromatic N) is 4. The summed E-state index contributed by atoms with van der Waals surface area (Å²) < 4.78 is 0. The van der Waals surface area contributed by atoms with Gasteiger partial charge in [0.1, 0.15) is 12.8 Å². The fourth-order valence-corrected chi connectivity index (χ4v) is 2.00. The first kappa shape index (κ1) is 15.6. The summed E-state index contributed by atoms with van der Waals surface area (Å²) in [6.07, 6.45) is 1.72. The summed E-state index contributed by atoms with van der Waals surface area (Å²) >= 11 is 6.71. The molecule has 104 valence electrons. The lowest BCUT2D eigenvalue weighted by atomic mass is 10.3. The third-order valence-corrected chi connectivity index (χ3v) is 3.17. The number of halogens is 1. The van der Waals surface area contributed by atoms with E-state index in [1.54, 1.807) is 11.7 Å². The van der Waals surface area contributed by atoms with Crippen molar-refractivity contribution in [2.45, 2.75) is 13.8 Å². The van der Waals surface area contributed by atoms with Crippen molar-refractivity contribution in [3.63, 3.8) is 0 Å². The Labute approximate surface area is 120 Å². The van der Waals surface area contributed by atoms with Crippen molar-refractivity contribution >= 4 is 45.4 Å². The van der Waals surface area contributed by atoms with Crippen molar-refractivity contribution in [3.05, 3.63) is 11.1 Å². The fraction of sp³-hybridized carbons (Fsp3) is 0.455. The van der Waals surface area contributed by atoms with Gasteiger partial charge in [-0.25, -0.2) is 9.98 Å². The average Bonchev–Trinajstić information content (AvgIpc) is 2.85. The van der Waals surface area contributed by atoms with Crippen molar-refractivity contribution in [2.75, 3.05) is 20.2 Å². The molecule has 0 unspecified atom stereocenters. The highest BCUT2D eigenvalue weighted by molar-refractivity contribution is 7.13. The number of carbonyl (C=O) groups excluding carboxylic acids is 1. The molecule has 0 fully saturated rings. The minimum atomic E-state index is -0.716. The standard InChI is InChI=1S/C11H15ClN4O2S/c1-4-16(5-2)7-13-11-14-8(6-19-11)9(10(12)17)15-18-3/h6-7H,4-5H2,1-3H3/b13-7?,15-9-. The zero-order chi connectivity index (χ0) is 14.3. The van der Waals surface area contributed by atoms with Gasteiger partial charge >= 0.3 is 0 Å². The van der Waals surface area contributed by atoms with E-state index in [2.05, 4.69) is 20.0 Å². The maximum Gasteiger partial charge on any atom is 0.276 e. The van der Waals surface area contributed by atoms with E-state index in [1.165, 1.54) is 18.4 Å². The molecule has 0 aliphatic carbocycles. The highest BCUT2D eigenvalue weighted by atomic mass is 35.5. The first-order valence-electron chi connectivity index (χ1n) is 5.67. The highest BCUT2D eigenvalue weighted by Crippen LogP contribution is 2.19. The Hall–Kier alpha value is -1.47. The molecular formula is C11H15ClN4O2S. The predicted molar refractivity (Wildman–Crippen MR) is 77.6 cm³/mol. The number of aliphatic imine (C=N–C) groups is 1. The van der Waals surface area contributed by atoms with Gasteiger partial charge in [0.15, 0.2) is 5.71 Å². The summed E-state index contributed by atoms with van der Waals surface area (Å²) in [5, 5.41) is 5.03. The Kier molecular flexibility index (Phi) is 6.44. The van der Waals surface area contributed by atoms with E-state index in [4.69, 9.17) is 11.6 Å². The molecule has 6 nitrogen and oxygen atoms in total.